The van der Waals surface area contributed by atoms with Crippen molar-refractivity contribution in [2.24, 2.45) is 0 Å². The first-order chi connectivity index (χ1) is 11.2. The summed E-state index contributed by atoms with van der Waals surface area (Å²) in [5.74, 6) is -0.252. The molecule has 2 atom stereocenters. The van der Waals surface area contributed by atoms with Crippen LogP contribution in [0.25, 0.3) is 0 Å². The Morgan fingerprint density at radius 2 is 1.78 bits per heavy atom. The zero-order valence-corrected chi connectivity index (χ0v) is 13.0. The molecule has 2 aromatic rings. The number of aliphatic hydroxyl groups is 1. The molecule has 120 valence electrons. The molecule has 1 aliphatic rings. The number of hydrogen-bond acceptors (Lipinski definition) is 3. The average molecular weight is 311 g/mol. The van der Waals surface area contributed by atoms with Gasteiger partial charge < -0.3 is 14.7 Å². The molecule has 1 amide bonds. The van der Waals surface area contributed by atoms with E-state index in [0.29, 0.717) is 25.3 Å². The molecule has 1 saturated heterocycles. The summed E-state index contributed by atoms with van der Waals surface area (Å²) in [6.45, 7) is 1.54. The summed E-state index contributed by atoms with van der Waals surface area (Å²) in [6, 6.07) is 19.1. The smallest absolute Gasteiger partial charge is 0.256 e. The summed E-state index contributed by atoms with van der Waals surface area (Å²) in [7, 11) is 0. The lowest BCUT2D eigenvalue weighted by Crippen LogP contribution is -2.48. The van der Waals surface area contributed by atoms with Gasteiger partial charge in [0.1, 0.15) is 0 Å². The van der Waals surface area contributed by atoms with Gasteiger partial charge in [0.2, 0.25) is 0 Å². The number of aliphatic hydroxyl groups excluding tert-OH is 1. The van der Waals surface area contributed by atoms with Crippen LogP contribution in [0, 0.1) is 0 Å². The Kier molecular flexibility index (Phi) is 5.05. The largest absolute Gasteiger partial charge is 0.378 e. The molecule has 2 unspecified atom stereocenters. The third-order valence-corrected chi connectivity index (χ3v) is 4.11. The Labute approximate surface area is 136 Å². The van der Waals surface area contributed by atoms with Gasteiger partial charge in [0, 0.05) is 19.5 Å². The van der Waals surface area contributed by atoms with Crippen molar-refractivity contribution in [3.8, 4) is 0 Å². The van der Waals surface area contributed by atoms with Crippen molar-refractivity contribution in [2.75, 3.05) is 19.7 Å². The van der Waals surface area contributed by atoms with E-state index in [0.717, 1.165) is 6.42 Å². The number of hydrogen-bond donors (Lipinski definition) is 1. The normalized spacial score (nSPS) is 19.3. The number of amides is 1. The van der Waals surface area contributed by atoms with Crippen LogP contribution in [0.1, 0.15) is 17.2 Å². The molecular formula is C19H21NO3. The number of morpholine rings is 1. The zero-order valence-electron chi connectivity index (χ0n) is 13.0. The molecule has 0 radical (unpaired) electrons. The average Bonchev–Trinajstić information content (AvgIpc) is 2.62. The molecule has 0 saturated carbocycles. The van der Waals surface area contributed by atoms with Gasteiger partial charge in [-0.1, -0.05) is 60.7 Å². The lowest BCUT2D eigenvalue weighted by atomic mass is 10.0. The highest BCUT2D eigenvalue weighted by molar-refractivity contribution is 5.82. The molecule has 1 heterocycles. The molecule has 4 nitrogen and oxygen atoms in total. The van der Waals surface area contributed by atoms with Gasteiger partial charge in [0.25, 0.3) is 5.91 Å². The Hall–Kier alpha value is -2.17. The topological polar surface area (TPSA) is 49.8 Å². The minimum absolute atomic E-state index is 0.0296. The molecule has 0 aliphatic carbocycles. The molecule has 23 heavy (non-hydrogen) atoms. The Balaban J connectivity index is 1.63. The molecule has 0 aromatic heterocycles. The van der Waals surface area contributed by atoms with Crippen molar-refractivity contribution in [2.45, 2.75) is 18.6 Å². The van der Waals surface area contributed by atoms with Gasteiger partial charge >= 0.3 is 0 Å². The molecule has 2 aromatic carbocycles. The maximum atomic E-state index is 12.5. The SMILES string of the molecule is O=C(C(O)c1ccccc1)N1CCOC(Cc2ccccc2)C1. The van der Waals surface area contributed by atoms with Gasteiger partial charge in [-0.05, 0) is 11.1 Å². The number of nitrogens with zero attached hydrogens (tertiary/aromatic N) is 1. The second-order valence-corrected chi connectivity index (χ2v) is 5.78. The van der Waals surface area contributed by atoms with E-state index >= 15 is 0 Å². The van der Waals surface area contributed by atoms with Crippen molar-refractivity contribution in [3.63, 3.8) is 0 Å². The van der Waals surface area contributed by atoms with E-state index in [2.05, 4.69) is 12.1 Å². The fourth-order valence-electron chi connectivity index (χ4n) is 2.87. The van der Waals surface area contributed by atoms with Crippen LogP contribution in [0.4, 0.5) is 0 Å². The van der Waals surface area contributed by atoms with Crippen LogP contribution >= 0.6 is 0 Å². The standard InChI is InChI=1S/C19H21NO3/c21-18(16-9-5-2-6-10-16)19(22)20-11-12-23-17(14-20)13-15-7-3-1-4-8-15/h1-10,17-18,21H,11-14H2. The second kappa shape index (κ2) is 7.40. The lowest BCUT2D eigenvalue weighted by molar-refractivity contribution is -0.148. The number of carbonyl (C=O) groups is 1. The first-order valence-corrected chi connectivity index (χ1v) is 7.91. The van der Waals surface area contributed by atoms with Crippen LogP contribution in [0.3, 0.4) is 0 Å². The summed E-state index contributed by atoms with van der Waals surface area (Å²) in [5.41, 5.74) is 1.82. The number of rotatable bonds is 4. The first-order valence-electron chi connectivity index (χ1n) is 7.91. The molecule has 0 spiro atoms. The Bertz CT molecular complexity index is 630. The monoisotopic (exact) mass is 311 g/mol. The zero-order chi connectivity index (χ0) is 16.1. The summed E-state index contributed by atoms with van der Waals surface area (Å²) >= 11 is 0. The van der Waals surface area contributed by atoms with Gasteiger partial charge in [-0.25, -0.2) is 0 Å². The molecule has 1 aliphatic heterocycles. The third kappa shape index (κ3) is 3.97. The van der Waals surface area contributed by atoms with Gasteiger partial charge in [0.15, 0.2) is 6.10 Å². The molecule has 1 fully saturated rings. The third-order valence-electron chi connectivity index (χ3n) is 4.11. The summed E-state index contributed by atoms with van der Waals surface area (Å²) < 4.78 is 5.77. The highest BCUT2D eigenvalue weighted by atomic mass is 16.5. The quantitative estimate of drug-likeness (QED) is 0.941. The summed E-state index contributed by atoms with van der Waals surface area (Å²) in [6.07, 6.45) is -0.365. The Morgan fingerprint density at radius 1 is 1.13 bits per heavy atom. The first kappa shape index (κ1) is 15.7. The van der Waals surface area contributed by atoms with Crippen LogP contribution < -0.4 is 0 Å². The van der Waals surface area contributed by atoms with Gasteiger partial charge in [0.05, 0.1) is 12.7 Å². The second-order valence-electron chi connectivity index (χ2n) is 5.78. The van der Waals surface area contributed by atoms with Gasteiger partial charge in [-0.2, -0.15) is 0 Å². The maximum absolute atomic E-state index is 12.5. The van der Waals surface area contributed by atoms with Crippen LogP contribution in [0.5, 0.6) is 0 Å². The van der Waals surface area contributed by atoms with Crippen molar-refractivity contribution in [1.82, 2.24) is 4.90 Å². The van der Waals surface area contributed by atoms with Crippen molar-refractivity contribution in [1.29, 1.82) is 0 Å². The molecule has 0 bridgehead atoms. The van der Waals surface area contributed by atoms with Crippen LogP contribution in [-0.2, 0) is 16.0 Å². The predicted octanol–water partition coefficient (Wildman–Crippen LogP) is 2.19. The summed E-state index contributed by atoms with van der Waals surface area (Å²) in [5, 5.41) is 10.3. The van der Waals surface area contributed by atoms with E-state index in [1.807, 2.05) is 36.4 Å². The number of ether oxygens (including phenoxy) is 1. The minimum Gasteiger partial charge on any atom is -0.378 e. The van der Waals surface area contributed by atoms with Gasteiger partial charge in [-0.15, -0.1) is 0 Å². The van der Waals surface area contributed by atoms with Crippen LogP contribution in [0.2, 0.25) is 0 Å². The molecule has 3 rings (SSSR count). The van der Waals surface area contributed by atoms with Crippen molar-refractivity contribution in [3.05, 3.63) is 71.8 Å². The van der Waals surface area contributed by atoms with E-state index in [4.69, 9.17) is 4.74 Å². The van der Waals surface area contributed by atoms with Gasteiger partial charge in [-0.3, -0.25) is 4.79 Å². The van der Waals surface area contributed by atoms with E-state index in [1.165, 1.54) is 5.56 Å². The number of carbonyl (C=O) groups excluding carboxylic acids is 1. The van der Waals surface area contributed by atoms with Crippen LogP contribution in [-0.4, -0.2) is 41.7 Å². The predicted molar refractivity (Wildman–Crippen MR) is 87.9 cm³/mol. The van der Waals surface area contributed by atoms with E-state index in [9.17, 15) is 9.90 Å². The molecular weight excluding hydrogens is 290 g/mol. The van der Waals surface area contributed by atoms with Crippen molar-refractivity contribution < 1.29 is 14.6 Å². The minimum atomic E-state index is -1.10. The summed E-state index contributed by atoms with van der Waals surface area (Å²) in [4.78, 5) is 14.2. The van der Waals surface area contributed by atoms with E-state index in [1.54, 1.807) is 17.0 Å². The maximum Gasteiger partial charge on any atom is 0.256 e. The lowest BCUT2D eigenvalue weighted by Gasteiger charge is -2.34. The fraction of sp³-hybridized carbons (Fsp3) is 0.316. The highest BCUT2D eigenvalue weighted by Gasteiger charge is 2.29. The molecule has 1 N–H and O–H groups in total. The Morgan fingerprint density at radius 3 is 2.48 bits per heavy atom. The number of benzene rings is 2. The van der Waals surface area contributed by atoms with Crippen LogP contribution in [0.15, 0.2) is 60.7 Å². The van der Waals surface area contributed by atoms with E-state index in [-0.39, 0.29) is 12.0 Å². The van der Waals surface area contributed by atoms with Crippen molar-refractivity contribution >= 4 is 5.91 Å². The van der Waals surface area contributed by atoms with E-state index < -0.39 is 6.10 Å². The molecule has 4 heteroatoms. The fourth-order valence-corrected chi connectivity index (χ4v) is 2.87. The highest BCUT2D eigenvalue weighted by Crippen LogP contribution is 2.18.